The van der Waals surface area contributed by atoms with Crippen molar-refractivity contribution in [3.63, 3.8) is 0 Å². The molecule has 0 heterocycles. The zero-order chi connectivity index (χ0) is 15.5. The Balaban J connectivity index is 2.71. The fourth-order valence-electron chi connectivity index (χ4n) is 1.78. The highest BCUT2D eigenvalue weighted by atomic mass is 79.9. The van der Waals surface area contributed by atoms with Crippen molar-refractivity contribution in [3.05, 3.63) is 26.1 Å². The molecule has 1 atom stereocenters. The van der Waals surface area contributed by atoms with Crippen LogP contribution < -0.4 is 4.74 Å². The molecule has 0 unspecified atom stereocenters. The SMILES string of the molecule is C[N+](C)(C)[C@H](CCOc1c(Cl)cc(Br)cc1Br)C(=O)O. The number of hydrogen-bond donors (Lipinski definition) is 1. The summed E-state index contributed by atoms with van der Waals surface area (Å²) in [5.74, 6) is -0.303. The molecule has 0 aliphatic rings. The summed E-state index contributed by atoms with van der Waals surface area (Å²) in [7, 11) is 5.55. The number of quaternary nitrogens is 1. The number of ether oxygens (including phenoxy) is 1. The first-order valence-corrected chi connectivity index (χ1v) is 7.90. The molecule has 0 bridgehead atoms. The first-order valence-electron chi connectivity index (χ1n) is 5.94. The van der Waals surface area contributed by atoms with Crippen LogP contribution in [0.2, 0.25) is 5.02 Å². The monoisotopic (exact) mass is 428 g/mol. The molecule has 0 fully saturated rings. The van der Waals surface area contributed by atoms with Gasteiger partial charge in [-0.25, -0.2) is 4.79 Å². The number of carbonyl (C=O) groups is 1. The van der Waals surface area contributed by atoms with Crippen LogP contribution in [-0.2, 0) is 4.79 Å². The van der Waals surface area contributed by atoms with E-state index >= 15 is 0 Å². The van der Waals surface area contributed by atoms with Crippen LogP contribution >= 0.6 is 43.5 Å². The second-order valence-corrected chi connectivity index (χ2v) is 7.48. The highest BCUT2D eigenvalue weighted by Crippen LogP contribution is 2.36. The van der Waals surface area contributed by atoms with Crippen LogP contribution in [-0.4, -0.2) is 49.4 Å². The molecule has 0 saturated carbocycles. The molecule has 0 saturated heterocycles. The highest BCUT2D eigenvalue weighted by molar-refractivity contribution is 9.11. The third-order valence-corrected chi connectivity index (χ3v) is 4.15. The normalized spacial score (nSPS) is 13.1. The number of rotatable bonds is 6. The first kappa shape index (κ1) is 17.8. The maximum absolute atomic E-state index is 11.3. The van der Waals surface area contributed by atoms with E-state index < -0.39 is 12.0 Å². The van der Waals surface area contributed by atoms with Crippen molar-refractivity contribution in [3.8, 4) is 5.75 Å². The largest absolute Gasteiger partial charge is 0.491 e. The Bertz CT molecular complexity index is 480. The van der Waals surface area contributed by atoms with Gasteiger partial charge in [0.05, 0.1) is 37.2 Å². The number of nitrogens with zero attached hydrogens (tertiary/aromatic N) is 1. The summed E-state index contributed by atoms with van der Waals surface area (Å²) in [4.78, 5) is 11.3. The van der Waals surface area contributed by atoms with Gasteiger partial charge >= 0.3 is 5.97 Å². The fraction of sp³-hybridized carbons (Fsp3) is 0.462. The summed E-state index contributed by atoms with van der Waals surface area (Å²) in [6, 6.07) is 3.04. The molecular weight excluding hydrogens is 413 g/mol. The predicted molar refractivity (Wildman–Crippen MR) is 86.4 cm³/mol. The lowest BCUT2D eigenvalue weighted by molar-refractivity contribution is -0.887. The van der Waals surface area contributed by atoms with Gasteiger partial charge in [-0.05, 0) is 28.1 Å². The van der Waals surface area contributed by atoms with Crippen LogP contribution in [0.1, 0.15) is 6.42 Å². The van der Waals surface area contributed by atoms with Gasteiger partial charge in [0.2, 0.25) is 0 Å². The molecular formula is C13H17Br2ClNO3+. The van der Waals surface area contributed by atoms with E-state index in [1.807, 2.05) is 27.2 Å². The van der Waals surface area contributed by atoms with E-state index in [0.717, 1.165) is 8.95 Å². The van der Waals surface area contributed by atoms with Crippen molar-refractivity contribution in [2.75, 3.05) is 27.7 Å². The molecule has 1 rings (SSSR count). The second kappa shape index (κ2) is 7.11. The molecule has 0 amide bonds. The smallest absolute Gasteiger partial charge is 0.362 e. The Kier molecular flexibility index (Phi) is 6.31. The Morgan fingerprint density at radius 2 is 2.00 bits per heavy atom. The van der Waals surface area contributed by atoms with E-state index in [1.54, 1.807) is 6.07 Å². The Morgan fingerprint density at radius 1 is 1.40 bits per heavy atom. The van der Waals surface area contributed by atoms with Gasteiger partial charge in [0.25, 0.3) is 0 Å². The average Bonchev–Trinajstić information content (AvgIpc) is 2.24. The Hall–Kier alpha value is -0.300. The molecule has 0 spiro atoms. The van der Waals surface area contributed by atoms with E-state index in [-0.39, 0.29) is 6.61 Å². The van der Waals surface area contributed by atoms with E-state index in [4.69, 9.17) is 16.3 Å². The lowest BCUT2D eigenvalue weighted by atomic mass is 10.1. The number of carboxylic acids is 1. The van der Waals surface area contributed by atoms with E-state index in [9.17, 15) is 9.90 Å². The summed E-state index contributed by atoms with van der Waals surface area (Å²) in [5, 5.41) is 9.71. The van der Waals surface area contributed by atoms with Crippen molar-refractivity contribution in [1.82, 2.24) is 0 Å². The van der Waals surface area contributed by atoms with Crippen LogP contribution in [0.3, 0.4) is 0 Å². The number of likely N-dealkylation sites (N-methyl/N-ethyl adjacent to an activating group) is 1. The van der Waals surface area contributed by atoms with Gasteiger partial charge in [-0.2, -0.15) is 0 Å². The molecule has 7 heteroatoms. The molecule has 1 aromatic rings. The van der Waals surface area contributed by atoms with Gasteiger partial charge in [-0.1, -0.05) is 27.5 Å². The minimum atomic E-state index is -0.831. The topological polar surface area (TPSA) is 46.5 Å². The molecule has 0 aliphatic carbocycles. The minimum absolute atomic E-state index is 0.284. The molecule has 4 nitrogen and oxygen atoms in total. The van der Waals surface area contributed by atoms with Crippen LogP contribution in [0, 0.1) is 0 Å². The molecule has 1 aromatic carbocycles. The second-order valence-electron chi connectivity index (χ2n) is 5.31. The van der Waals surface area contributed by atoms with Crippen molar-refractivity contribution in [2.24, 2.45) is 0 Å². The average molecular weight is 431 g/mol. The third kappa shape index (κ3) is 4.91. The molecule has 0 aliphatic heterocycles. The van der Waals surface area contributed by atoms with Crippen LogP contribution in [0.25, 0.3) is 0 Å². The van der Waals surface area contributed by atoms with E-state index in [1.165, 1.54) is 0 Å². The van der Waals surface area contributed by atoms with Crippen molar-refractivity contribution < 1.29 is 19.1 Å². The number of benzene rings is 1. The van der Waals surface area contributed by atoms with E-state index in [0.29, 0.717) is 21.7 Å². The van der Waals surface area contributed by atoms with Gasteiger partial charge in [-0.3, -0.25) is 0 Å². The van der Waals surface area contributed by atoms with Gasteiger partial charge in [-0.15, -0.1) is 0 Å². The lowest BCUT2D eigenvalue weighted by Crippen LogP contribution is -2.50. The molecule has 0 aromatic heterocycles. The number of carboxylic acid groups (broad SMARTS) is 1. The van der Waals surface area contributed by atoms with Crippen LogP contribution in [0.15, 0.2) is 21.1 Å². The fourth-order valence-corrected chi connectivity index (χ4v) is 3.64. The molecule has 20 heavy (non-hydrogen) atoms. The van der Waals surface area contributed by atoms with Crippen molar-refractivity contribution >= 4 is 49.4 Å². The quantitative estimate of drug-likeness (QED) is 0.699. The standard InChI is InChI=1S/C13H16Br2ClNO3/c1-17(2,3)11(13(18)19)4-5-20-12-9(15)6-8(14)7-10(12)16/h6-7,11H,4-5H2,1-3H3/p+1/t11-/m1/s1. The Labute approximate surface area is 140 Å². The summed E-state index contributed by atoms with van der Waals surface area (Å²) in [5.41, 5.74) is 0. The van der Waals surface area contributed by atoms with E-state index in [2.05, 4.69) is 31.9 Å². The van der Waals surface area contributed by atoms with Crippen molar-refractivity contribution in [2.45, 2.75) is 12.5 Å². The highest BCUT2D eigenvalue weighted by Gasteiger charge is 2.31. The lowest BCUT2D eigenvalue weighted by Gasteiger charge is -2.31. The van der Waals surface area contributed by atoms with Gasteiger partial charge in [0, 0.05) is 10.9 Å². The maximum atomic E-state index is 11.3. The molecule has 112 valence electrons. The van der Waals surface area contributed by atoms with Crippen LogP contribution in [0.4, 0.5) is 0 Å². The summed E-state index contributed by atoms with van der Waals surface area (Å²) < 4.78 is 7.54. The molecule has 0 radical (unpaired) electrons. The predicted octanol–water partition coefficient (Wildman–Crippen LogP) is 3.79. The van der Waals surface area contributed by atoms with Gasteiger partial charge in [0.1, 0.15) is 0 Å². The Morgan fingerprint density at radius 3 is 2.45 bits per heavy atom. The van der Waals surface area contributed by atoms with Crippen molar-refractivity contribution in [1.29, 1.82) is 0 Å². The number of halogens is 3. The van der Waals surface area contributed by atoms with Gasteiger partial charge in [0.15, 0.2) is 11.8 Å². The summed E-state index contributed by atoms with van der Waals surface area (Å²) in [6.07, 6.45) is 0.400. The number of hydrogen-bond acceptors (Lipinski definition) is 2. The summed E-state index contributed by atoms with van der Waals surface area (Å²) >= 11 is 12.8. The maximum Gasteiger partial charge on any atom is 0.362 e. The third-order valence-electron chi connectivity index (χ3n) is 2.82. The molecule has 1 N–H and O–H groups in total. The van der Waals surface area contributed by atoms with Gasteiger partial charge < -0.3 is 14.3 Å². The zero-order valence-corrected chi connectivity index (χ0v) is 15.4. The minimum Gasteiger partial charge on any atom is -0.491 e. The first-order chi connectivity index (χ1) is 9.12. The zero-order valence-electron chi connectivity index (χ0n) is 11.5. The summed E-state index contributed by atoms with van der Waals surface area (Å²) in [6.45, 7) is 0.284. The van der Waals surface area contributed by atoms with Crippen LogP contribution in [0.5, 0.6) is 5.75 Å². The number of aliphatic carboxylic acids is 1.